The minimum atomic E-state index is -1.13. The summed E-state index contributed by atoms with van der Waals surface area (Å²) < 4.78 is 6.54. The Morgan fingerprint density at radius 3 is 2.71 bits per heavy atom. The number of unbranched alkanes of at least 4 members (excludes halogenated alkanes) is 1. The number of anilines is 1. The zero-order valence-corrected chi connectivity index (χ0v) is 26.6. The number of likely N-dealkylation sites (tertiary alicyclic amines) is 1. The topological polar surface area (TPSA) is 91.0 Å². The summed E-state index contributed by atoms with van der Waals surface area (Å²) in [5, 5.41) is 6.39. The van der Waals surface area contributed by atoms with Crippen LogP contribution in [-0.2, 0) is 19.1 Å². The highest BCUT2D eigenvalue weighted by molar-refractivity contribution is 7.98. The van der Waals surface area contributed by atoms with Gasteiger partial charge in [-0.15, -0.1) is 11.8 Å². The Labute approximate surface area is 255 Å². The Kier molecular flexibility index (Phi) is 9.69. The molecule has 1 aromatic carbocycles. The van der Waals surface area contributed by atoms with E-state index in [1.54, 1.807) is 16.7 Å². The lowest BCUT2D eigenvalue weighted by atomic mass is 9.73. The molecule has 1 spiro atoms. The van der Waals surface area contributed by atoms with Crippen molar-refractivity contribution >= 4 is 35.2 Å². The van der Waals surface area contributed by atoms with Gasteiger partial charge in [-0.3, -0.25) is 14.4 Å². The minimum absolute atomic E-state index is 0.0687. The maximum absolute atomic E-state index is 14.2. The van der Waals surface area contributed by atoms with Crippen molar-refractivity contribution in [2.24, 2.45) is 23.7 Å². The third-order valence-electron chi connectivity index (χ3n) is 10.1. The van der Waals surface area contributed by atoms with Gasteiger partial charge in [0.25, 0.3) is 0 Å². The SMILES string of the molecule is CCCCN(C)CCCN1C(=O)[C@@H]2[C@H](C(=O)Nc3cccc(SC)c3)[C@@H]3C=C[C@@]2(O3)[C@@H]1C(=O)N[C@@H]1CCC[C@@H](C)[C@@H]1C. The molecule has 1 aromatic rings. The molecule has 3 aliphatic heterocycles. The molecule has 2 bridgehead atoms. The van der Waals surface area contributed by atoms with Crippen LogP contribution in [0.1, 0.15) is 59.3 Å². The molecule has 1 saturated carbocycles. The predicted molar refractivity (Wildman–Crippen MR) is 167 cm³/mol. The molecule has 230 valence electrons. The van der Waals surface area contributed by atoms with E-state index >= 15 is 0 Å². The highest BCUT2D eigenvalue weighted by atomic mass is 32.2. The summed E-state index contributed by atoms with van der Waals surface area (Å²) in [6.07, 6.45) is 11.5. The van der Waals surface area contributed by atoms with E-state index in [4.69, 9.17) is 4.74 Å². The summed E-state index contributed by atoms with van der Waals surface area (Å²) in [6.45, 7) is 8.94. The van der Waals surface area contributed by atoms with E-state index < -0.39 is 29.6 Å². The summed E-state index contributed by atoms with van der Waals surface area (Å²) in [6, 6.07) is 6.97. The average Bonchev–Trinajstić information content (AvgIpc) is 3.62. The molecule has 8 atom stereocenters. The lowest BCUT2D eigenvalue weighted by molar-refractivity contribution is -0.141. The van der Waals surface area contributed by atoms with E-state index in [2.05, 4.69) is 43.4 Å². The van der Waals surface area contributed by atoms with Crippen LogP contribution in [0.15, 0.2) is 41.3 Å². The highest BCUT2D eigenvalue weighted by Crippen LogP contribution is 2.55. The second kappa shape index (κ2) is 13.1. The van der Waals surface area contributed by atoms with Crippen molar-refractivity contribution in [2.75, 3.05) is 38.3 Å². The predicted octanol–water partition coefficient (Wildman–Crippen LogP) is 4.56. The summed E-state index contributed by atoms with van der Waals surface area (Å²) >= 11 is 1.61. The number of hydrogen-bond acceptors (Lipinski definition) is 6. The van der Waals surface area contributed by atoms with Crippen molar-refractivity contribution in [1.82, 2.24) is 15.1 Å². The molecule has 0 aromatic heterocycles. The number of nitrogens with zero attached hydrogens (tertiary/aromatic N) is 2. The van der Waals surface area contributed by atoms with E-state index in [0.717, 1.165) is 50.1 Å². The number of nitrogens with one attached hydrogen (secondary N) is 2. The van der Waals surface area contributed by atoms with Crippen LogP contribution in [0, 0.1) is 23.7 Å². The van der Waals surface area contributed by atoms with Crippen molar-refractivity contribution in [2.45, 2.75) is 88.0 Å². The van der Waals surface area contributed by atoms with Gasteiger partial charge in [0.1, 0.15) is 11.6 Å². The Hall–Kier alpha value is -2.36. The standard InChI is InChI=1S/C33H48N4O4S/c1-6-7-17-36(4)18-10-19-37-29(31(39)35-25-14-8-11-21(2)22(25)3)33-16-15-26(41-33)27(28(33)32(37)40)30(38)34-23-12-9-13-24(20-23)42-5/h9,12-13,15-16,20-22,25-29H,6-8,10-11,14,17-19H2,1-5H3,(H,34,38)(H,35,39)/t21-,22+,25-,26+,27-,28+,29+,33+/m1/s1. The zero-order valence-electron chi connectivity index (χ0n) is 25.8. The number of carbonyl (C=O) groups is 3. The molecule has 2 N–H and O–H groups in total. The van der Waals surface area contributed by atoms with E-state index in [1.807, 2.05) is 42.7 Å². The number of ether oxygens (including phenoxy) is 1. The Morgan fingerprint density at radius 1 is 1.17 bits per heavy atom. The van der Waals surface area contributed by atoms with E-state index in [-0.39, 0.29) is 23.8 Å². The Bertz CT molecular complexity index is 1190. The van der Waals surface area contributed by atoms with Crippen molar-refractivity contribution in [3.05, 3.63) is 36.4 Å². The van der Waals surface area contributed by atoms with Crippen LogP contribution in [0.3, 0.4) is 0 Å². The molecule has 8 nitrogen and oxygen atoms in total. The van der Waals surface area contributed by atoms with Gasteiger partial charge in [-0.25, -0.2) is 0 Å². The van der Waals surface area contributed by atoms with Gasteiger partial charge in [0.15, 0.2) is 0 Å². The molecule has 0 radical (unpaired) electrons. The molecule has 1 aliphatic carbocycles. The fourth-order valence-corrected chi connectivity index (χ4v) is 7.99. The molecule has 4 aliphatic rings. The van der Waals surface area contributed by atoms with E-state index in [0.29, 0.717) is 24.1 Å². The second-order valence-electron chi connectivity index (χ2n) is 12.8. The molecule has 3 amide bonds. The summed E-state index contributed by atoms with van der Waals surface area (Å²) in [5.41, 5.74) is -0.438. The van der Waals surface area contributed by atoms with Crippen LogP contribution in [-0.4, -0.2) is 84.2 Å². The van der Waals surface area contributed by atoms with E-state index in [9.17, 15) is 14.4 Å². The minimum Gasteiger partial charge on any atom is -0.359 e. The maximum atomic E-state index is 14.2. The fraction of sp³-hybridized carbons (Fsp3) is 0.667. The van der Waals surface area contributed by atoms with Crippen molar-refractivity contribution in [3.63, 3.8) is 0 Å². The first-order chi connectivity index (χ1) is 20.2. The molecule has 0 unspecified atom stereocenters. The maximum Gasteiger partial charge on any atom is 0.246 e. The number of fused-ring (bicyclic) bond motifs is 1. The number of carbonyl (C=O) groups excluding carboxylic acids is 3. The van der Waals surface area contributed by atoms with Gasteiger partial charge in [0.2, 0.25) is 17.7 Å². The normalized spacial score (nSPS) is 33.3. The first-order valence-corrected chi connectivity index (χ1v) is 17.0. The van der Waals surface area contributed by atoms with Gasteiger partial charge in [-0.05, 0) is 75.7 Å². The fourth-order valence-electron chi connectivity index (χ4n) is 7.53. The largest absolute Gasteiger partial charge is 0.359 e. The van der Waals surface area contributed by atoms with Gasteiger partial charge in [-0.2, -0.15) is 0 Å². The summed E-state index contributed by atoms with van der Waals surface area (Å²) in [4.78, 5) is 47.3. The first kappa shape index (κ1) is 31.1. The number of rotatable bonds is 12. The van der Waals surface area contributed by atoms with Crippen molar-refractivity contribution < 1.29 is 19.1 Å². The Morgan fingerprint density at radius 2 is 1.95 bits per heavy atom. The van der Waals surface area contributed by atoms with Crippen LogP contribution in [0.4, 0.5) is 5.69 Å². The number of hydrogen-bond donors (Lipinski definition) is 2. The third kappa shape index (κ3) is 5.89. The van der Waals surface area contributed by atoms with Gasteiger partial charge in [-0.1, -0.05) is 58.3 Å². The average molecular weight is 597 g/mol. The van der Waals surface area contributed by atoms with Gasteiger partial charge < -0.3 is 25.2 Å². The first-order valence-electron chi connectivity index (χ1n) is 15.8. The van der Waals surface area contributed by atoms with Crippen LogP contribution >= 0.6 is 11.8 Å². The summed E-state index contributed by atoms with van der Waals surface area (Å²) in [5.74, 6) is -1.07. The lowest BCUT2D eigenvalue weighted by Crippen LogP contribution is -2.58. The molecular formula is C33H48N4O4S. The second-order valence-corrected chi connectivity index (χ2v) is 13.7. The van der Waals surface area contributed by atoms with Crippen LogP contribution in [0.5, 0.6) is 0 Å². The molecular weight excluding hydrogens is 548 g/mol. The van der Waals surface area contributed by atoms with Crippen molar-refractivity contribution in [1.29, 1.82) is 0 Å². The van der Waals surface area contributed by atoms with Crippen LogP contribution < -0.4 is 10.6 Å². The van der Waals surface area contributed by atoms with Gasteiger partial charge in [0, 0.05) is 23.2 Å². The molecule has 3 fully saturated rings. The molecule has 42 heavy (non-hydrogen) atoms. The van der Waals surface area contributed by atoms with Gasteiger partial charge >= 0.3 is 0 Å². The van der Waals surface area contributed by atoms with Gasteiger partial charge in [0.05, 0.1) is 17.9 Å². The van der Waals surface area contributed by atoms with Crippen molar-refractivity contribution in [3.8, 4) is 0 Å². The zero-order chi connectivity index (χ0) is 30.0. The molecule has 5 rings (SSSR count). The third-order valence-corrected chi connectivity index (χ3v) is 10.9. The smallest absolute Gasteiger partial charge is 0.246 e. The Balaban J connectivity index is 1.39. The number of amides is 3. The van der Waals surface area contributed by atoms with Crippen LogP contribution in [0.2, 0.25) is 0 Å². The molecule has 2 saturated heterocycles. The number of benzene rings is 1. The summed E-state index contributed by atoms with van der Waals surface area (Å²) in [7, 11) is 2.10. The molecule has 3 heterocycles. The quantitative estimate of drug-likeness (QED) is 0.272. The highest BCUT2D eigenvalue weighted by Gasteiger charge is 2.72. The van der Waals surface area contributed by atoms with E-state index in [1.165, 1.54) is 6.42 Å². The molecule has 9 heteroatoms. The monoisotopic (exact) mass is 596 g/mol. The van der Waals surface area contributed by atoms with Crippen LogP contribution in [0.25, 0.3) is 0 Å². The lowest BCUT2D eigenvalue weighted by Gasteiger charge is -2.38. The number of thioether (sulfide) groups is 1.